The molecular weight excluding hydrogens is 460 g/mol. The fourth-order valence-corrected chi connectivity index (χ4v) is 4.09. The van der Waals surface area contributed by atoms with Gasteiger partial charge in [0.2, 0.25) is 11.8 Å². The van der Waals surface area contributed by atoms with Crippen molar-refractivity contribution in [2.24, 2.45) is 5.92 Å². The predicted molar refractivity (Wildman–Crippen MR) is 132 cm³/mol. The Bertz CT molecular complexity index is 1190. The zero-order valence-electron chi connectivity index (χ0n) is 20.6. The number of aromatic nitrogens is 4. The molecule has 10 heteroatoms. The second-order valence-corrected chi connectivity index (χ2v) is 9.10. The molecule has 3 aromatic rings. The number of carbonyl (C=O) groups is 2. The first kappa shape index (κ1) is 25.2. The molecule has 2 amide bonds. The maximum Gasteiger partial charge on any atom is 0.259 e. The van der Waals surface area contributed by atoms with Crippen LogP contribution in [0.1, 0.15) is 29.9 Å². The molecule has 0 saturated carbocycles. The molecule has 0 fully saturated rings. The van der Waals surface area contributed by atoms with Crippen molar-refractivity contribution in [3.63, 3.8) is 0 Å². The highest BCUT2D eigenvalue weighted by Gasteiger charge is 2.34. The van der Waals surface area contributed by atoms with Gasteiger partial charge in [-0.3, -0.25) is 14.6 Å². The van der Waals surface area contributed by atoms with E-state index in [2.05, 4.69) is 19.9 Å². The molecule has 0 aliphatic carbocycles. The van der Waals surface area contributed by atoms with E-state index in [1.54, 1.807) is 54.6 Å². The summed E-state index contributed by atoms with van der Waals surface area (Å²) in [6, 6.07) is 6.78. The lowest BCUT2D eigenvalue weighted by Crippen LogP contribution is -2.50. The highest BCUT2D eigenvalue weighted by atomic mass is 16.5. The van der Waals surface area contributed by atoms with Crippen molar-refractivity contribution < 1.29 is 19.4 Å². The first-order valence-corrected chi connectivity index (χ1v) is 11.8. The molecule has 1 aliphatic heterocycles. The lowest BCUT2D eigenvalue weighted by Gasteiger charge is -2.37. The van der Waals surface area contributed by atoms with Gasteiger partial charge in [-0.2, -0.15) is 0 Å². The molecule has 3 atom stereocenters. The van der Waals surface area contributed by atoms with Crippen LogP contribution in [0.15, 0.2) is 55.4 Å². The van der Waals surface area contributed by atoms with Crippen LogP contribution in [0.4, 0.5) is 0 Å². The van der Waals surface area contributed by atoms with Crippen LogP contribution in [-0.4, -0.2) is 85.5 Å². The summed E-state index contributed by atoms with van der Waals surface area (Å²) in [4.78, 5) is 46.5. The minimum Gasteiger partial charge on any atom is -0.472 e. The standard InChI is InChI=1S/C26H30N6O4/c1-17-13-32(18(2)15-33)26(35)22-8-19(20-10-27-16-28-11-20)12-30-25(22)36-23(17)14-31(3)24(34)9-21-6-4-5-7-29-21/h4-8,10-12,16-18,23,33H,9,13-15H2,1-3H3/t17-,18-,23+/m1/s1. The Kier molecular flexibility index (Phi) is 7.84. The fraction of sp³-hybridized carbons (Fsp3) is 0.385. The third-order valence-corrected chi connectivity index (χ3v) is 6.35. The van der Waals surface area contributed by atoms with Crippen LogP contribution in [0.5, 0.6) is 5.88 Å². The molecule has 36 heavy (non-hydrogen) atoms. The van der Waals surface area contributed by atoms with Gasteiger partial charge in [0.05, 0.1) is 25.6 Å². The first-order valence-electron chi connectivity index (χ1n) is 11.8. The number of ether oxygens (including phenoxy) is 1. The smallest absolute Gasteiger partial charge is 0.259 e. The predicted octanol–water partition coefficient (Wildman–Crippen LogP) is 1.85. The third-order valence-electron chi connectivity index (χ3n) is 6.35. The van der Waals surface area contributed by atoms with Gasteiger partial charge in [-0.05, 0) is 25.1 Å². The topological polar surface area (TPSA) is 122 Å². The van der Waals surface area contributed by atoms with Crippen molar-refractivity contribution in [1.29, 1.82) is 0 Å². The quantitative estimate of drug-likeness (QED) is 0.533. The Morgan fingerprint density at radius 3 is 2.69 bits per heavy atom. The molecule has 188 valence electrons. The van der Waals surface area contributed by atoms with Crippen molar-refractivity contribution in [1.82, 2.24) is 29.7 Å². The Balaban J connectivity index is 1.62. The largest absolute Gasteiger partial charge is 0.472 e. The number of likely N-dealkylation sites (N-methyl/N-ethyl adjacent to an activating group) is 1. The van der Waals surface area contributed by atoms with E-state index in [1.807, 2.05) is 25.1 Å². The van der Waals surface area contributed by atoms with Gasteiger partial charge in [-0.1, -0.05) is 13.0 Å². The zero-order chi connectivity index (χ0) is 25.7. The summed E-state index contributed by atoms with van der Waals surface area (Å²) in [6.07, 6.45) is 7.75. The van der Waals surface area contributed by atoms with Crippen molar-refractivity contribution in [3.8, 4) is 17.0 Å². The molecule has 3 aromatic heterocycles. The summed E-state index contributed by atoms with van der Waals surface area (Å²) in [6.45, 7) is 4.24. The van der Waals surface area contributed by atoms with Gasteiger partial charge in [-0.25, -0.2) is 15.0 Å². The van der Waals surface area contributed by atoms with Gasteiger partial charge >= 0.3 is 0 Å². The summed E-state index contributed by atoms with van der Waals surface area (Å²) >= 11 is 0. The SMILES string of the molecule is C[C@@H]1CN([C@H](C)CO)C(=O)c2cc(-c3cncnc3)cnc2O[C@H]1CN(C)C(=O)Cc1ccccn1. The second-order valence-electron chi connectivity index (χ2n) is 9.10. The molecule has 0 bridgehead atoms. The van der Waals surface area contributed by atoms with Gasteiger partial charge in [0.25, 0.3) is 5.91 Å². The number of rotatable bonds is 7. The van der Waals surface area contributed by atoms with Gasteiger partial charge in [0.15, 0.2) is 0 Å². The number of fused-ring (bicyclic) bond motifs is 1. The summed E-state index contributed by atoms with van der Waals surface area (Å²) in [5.74, 6) is -0.304. The van der Waals surface area contributed by atoms with E-state index < -0.39 is 12.1 Å². The second kappa shape index (κ2) is 11.2. The van der Waals surface area contributed by atoms with Crippen molar-refractivity contribution in [2.45, 2.75) is 32.4 Å². The van der Waals surface area contributed by atoms with Crippen molar-refractivity contribution in [3.05, 3.63) is 66.6 Å². The summed E-state index contributed by atoms with van der Waals surface area (Å²) in [7, 11) is 1.73. The molecule has 10 nitrogen and oxygen atoms in total. The normalized spacial score (nSPS) is 18.4. The van der Waals surface area contributed by atoms with Gasteiger partial charge < -0.3 is 19.6 Å². The monoisotopic (exact) mass is 490 g/mol. The molecule has 0 radical (unpaired) electrons. The van der Waals surface area contributed by atoms with E-state index in [4.69, 9.17) is 4.74 Å². The number of hydrogen-bond donors (Lipinski definition) is 1. The Hall–Kier alpha value is -3.92. The number of amides is 2. The lowest BCUT2D eigenvalue weighted by atomic mass is 9.99. The molecule has 0 unspecified atom stereocenters. The summed E-state index contributed by atoms with van der Waals surface area (Å²) in [5, 5.41) is 9.84. The van der Waals surface area contributed by atoms with Crippen LogP contribution in [0.2, 0.25) is 0 Å². The minimum absolute atomic E-state index is 0.0872. The van der Waals surface area contributed by atoms with Crippen LogP contribution in [0, 0.1) is 5.92 Å². The lowest BCUT2D eigenvalue weighted by molar-refractivity contribution is -0.130. The van der Waals surface area contributed by atoms with Gasteiger partial charge in [0, 0.05) is 61.1 Å². The van der Waals surface area contributed by atoms with E-state index in [0.717, 1.165) is 0 Å². The van der Waals surface area contributed by atoms with E-state index in [0.29, 0.717) is 29.9 Å². The minimum atomic E-state index is -0.429. The molecule has 4 heterocycles. The molecule has 0 spiro atoms. The number of aliphatic hydroxyl groups is 1. The third kappa shape index (κ3) is 5.65. The molecular formula is C26H30N6O4. The van der Waals surface area contributed by atoms with Crippen molar-refractivity contribution >= 4 is 11.8 Å². The number of aliphatic hydroxyl groups excluding tert-OH is 1. The van der Waals surface area contributed by atoms with Gasteiger partial charge in [-0.15, -0.1) is 0 Å². The van der Waals surface area contributed by atoms with Crippen LogP contribution in [0.25, 0.3) is 11.1 Å². The summed E-state index contributed by atoms with van der Waals surface area (Å²) < 4.78 is 6.28. The molecule has 0 aromatic carbocycles. The van der Waals surface area contributed by atoms with Crippen LogP contribution in [-0.2, 0) is 11.2 Å². The van der Waals surface area contributed by atoms with Crippen molar-refractivity contribution in [2.75, 3.05) is 26.7 Å². The van der Waals surface area contributed by atoms with E-state index in [9.17, 15) is 14.7 Å². The molecule has 0 saturated heterocycles. The average Bonchev–Trinajstić information content (AvgIpc) is 2.91. The summed E-state index contributed by atoms with van der Waals surface area (Å²) in [5.41, 5.74) is 2.37. The Morgan fingerprint density at radius 1 is 1.22 bits per heavy atom. The average molecular weight is 491 g/mol. The van der Waals surface area contributed by atoms with Gasteiger partial charge in [0.1, 0.15) is 18.0 Å². The van der Waals surface area contributed by atoms with E-state index in [1.165, 1.54) is 6.33 Å². The molecule has 1 aliphatic rings. The maximum absolute atomic E-state index is 13.6. The maximum atomic E-state index is 13.6. The van der Waals surface area contributed by atoms with Crippen LogP contribution < -0.4 is 4.74 Å². The fourth-order valence-electron chi connectivity index (χ4n) is 4.09. The van der Waals surface area contributed by atoms with Crippen LogP contribution >= 0.6 is 0 Å². The first-order chi connectivity index (χ1) is 17.4. The van der Waals surface area contributed by atoms with Crippen LogP contribution in [0.3, 0.4) is 0 Å². The Morgan fingerprint density at radius 2 is 2.00 bits per heavy atom. The number of pyridine rings is 2. The Labute approximate surface area is 210 Å². The number of carbonyl (C=O) groups excluding carboxylic acids is 2. The van der Waals surface area contributed by atoms with E-state index >= 15 is 0 Å². The highest BCUT2D eigenvalue weighted by Crippen LogP contribution is 2.30. The molecule has 1 N–H and O–H groups in total. The number of hydrogen-bond acceptors (Lipinski definition) is 8. The molecule has 4 rings (SSSR count). The number of nitrogens with zero attached hydrogens (tertiary/aromatic N) is 6. The highest BCUT2D eigenvalue weighted by molar-refractivity contribution is 5.98. The van der Waals surface area contributed by atoms with E-state index in [-0.39, 0.29) is 42.2 Å². The zero-order valence-corrected chi connectivity index (χ0v) is 20.6.